The van der Waals surface area contributed by atoms with Crippen LogP contribution >= 0.6 is 7.82 Å². The fourth-order valence-electron chi connectivity index (χ4n) is 5.40. The van der Waals surface area contributed by atoms with Crippen LogP contribution in [0.4, 0.5) is 4.79 Å². The van der Waals surface area contributed by atoms with Gasteiger partial charge < -0.3 is 29.2 Å². The first-order chi connectivity index (χ1) is 24.7. The van der Waals surface area contributed by atoms with Crippen molar-refractivity contribution < 1.29 is 51.8 Å². The fraction of sp³-hybridized carbons (Fsp3) is 0.921. The van der Waals surface area contributed by atoms with Gasteiger partial charge in [0.05, 0.1) is 19.8 Å². The third kappa shape index (κ3) is 36.4. The van der Waals surface area contributed by atoms with Gasteiger partial charge in [-0.05, 0) is 19.8 Å². The number of unbranched alkanes of at least 4 members (excludes halogenated alkanes) is 20. The molecular formula is C38H74NO11P. The number of hydrogen-bond donors (Lipinski definition) is 2. The molecule has 0 aromatic rings. The highest BCUT2D eigenvalue weighted by molar-refractivity contribution is 7.47. The Morgan fingerprint density at radius 2 is 1.04 bits per heavy atom. The van der Waals surface area contributed by atoms with Crippen molar-refractivity contribution in [3.05, 3.63) is 0 Å². The van der Waals surface area contributed by atoms with Crippen LogP contribution in [0, 0.1) is 0 Å². The monoisotopic (exact) mass is 751 g/mol. The quantitative estimate of drug-likeness (QED) is 0.0268. The smallest absolute Gasteiger partial charge is 0.462 e. The molecule has 1 amide bonds. The van der Waals surface area contributed by atoms with E-state index >= 15 is 0 Å². The van der Waals surface area contributed by atoms with Gasteiger partial charge in [0.2, 0.25) is 0 Å². The number of phosphoric ester groups is 1. The lowest BCUT2D eigenvalue weighted by atomic mass is 10.1. The van der Waals surface area contributed by atoms with Gasteiger partial charge in [0.1, 0.15) is 13.2 Å². The van der Waals surface area contributed by atoms with E-state index in [9.17, 15) is 23.8 Å². The minimum Gasteiger partial charge on any atom is -0.462 e. The van der Waals surface area contributed by atoms with Crippen molar-refractivity contribution in [3.63, 3.8) is 0 Å². The zero-order valence-electron chi connectivity index (χ0n) is 32.5. The minimum absolute atomic E-state index is 0.0748. The Morgan fingerprint density at radius 3 is 1.53 bits per heavy atom. The van der Waals surface area contributed by atoms with Gasteiger partial charge in [-0.2, -0.15) is 0 Å². The van der Waals surface area contributed by atoms with Crippen molar-refractivity contribution in [1.82, 2.24) is 5.32 Å². The van der Waals surface area contributed by atoms with E-state index in [1.807, 2.05) is 6.92 Å². The van der Waals surface area contributed by atoms with Crippen LogP contribution in [-0.4, -0.2) is 75.2 Å². The second-order valence-corrected chi connectivity index (χ2v) is 14.7. The number of amides is 1. The van der Waals surface area contributed by atoms with Crippen molar-refractivity contribution in [2.75, 3.05) is 46.2 Å². The molecule has 0 aliphatic rings. The normalized spacial score (nSPS) is 13.0. The van der Waals surface area contributed by atoms with Crippen molar-refractivity contribution in [2.45, 2.75) is 181 Å². The van der Waals surface area contributed by atoms with Gasteiger partial charge in [-0.3, -0.25) is 18.6 Å². The molecule has 0 saturated heterocycles. The lowest BCUT2D eigenvalue weighted by Crippen LogP contribution is -2.30. The summed E-state index contributed by atoms with van der Waals surface area (Å²) in [5, 5.41) is 2.39. The number of rotatable bonds is 38. The number of ether oxygens (including phenoxy) is 4. The molecule has 2 N–H and O–H groups in total. The standard InChI is InChI=1S/C38H74NO11P/c1-4-7-9-11-13-15-17-19-21-23-25-27-36(40)47-33-35(50-37(41)28-26-24-22-20-18-16-14-12-10-8-5-2)34-49-51(43,44)48-30-29-39-38(42)46-32-31-45-6-3/h35H,4-34H2,1-3H3,(H,39,42)(H,43,44)/t35-/m1/s1. The summed E-state index contributed by atoms with van der Waals surface area (Å²) < 4.78 is 43.3. The lowest BCUT2D eigenvalue weighted by molar-refractivity contribution is -0.161. The van der Waals surface area contributed by atoms with Crippen molar-refractivity contribution in [2.24, 2.45) is 0 Å². The van der Waals surface area contributed by atoms with Gasteiger partial charge in [0, 0.05) is 26.0 Å². The number of phosphoric acid groups is 1. The number of carbonyl (C=O) groups is 3. The average Bonchev–Trinajstić information content (AvgIpc) is 3.11. The molecule has 13 heteroatoms. The predicted octanol–water partition coefficient (Wildman–Crippen LogP) is 9.74. The van der Waals surface area contributed by atoms with Crippen LogP contribution in [0.15, 0.2) is 0 Å². The topological polar surface area (TPSA) is 156 Å². The van der Waals surface area contributed by atoms with E-state index < -0.39 is 38.6 Å². The summed E-state index contributed by atoms with van der Waals surface area (Å²) in [6, 6.07) is 0. The second kappa shape index (κ2) is 36.6. The van der Waals surface area contributed by atoms with Gasteiger partial charge in [-0.25, -0.2) is 9.36 Å². The summed E-state index contributed by atoms with van der Waals surface area (Å²) in [5.74, 6) is -0.901. The Hall–Kier alpha value is -1.72. The van der Waals surface area contributed by atoms with E-state index in [0.29, 0.717) is 19.4 Å². The summed E-state index contributed by atoms with van der Waals surface area (Å²) in [6.07, 6.45) is 24.2. The maximum absolute atomic E-state index is 12.6. The molecule has 0 fully saturated rings. The maximum Gasteiger partial charge on any atom is 0.472 e. The molecule has 1 unspecified atom stereocenters. The van der Waals surface area contributed by atoms with Crippen LogP contribution in [0.25, 0.3) is 0 Å². The summed E-state index contributed by atoms with van der Waals surface area (Å²) in [7, 11) is -4.56. The van der Waals surface area contributed by atoms with Crippen LogP contribution in [-0.2, 0) is 42.1 Å². The SMILES string of the molecule is CCCCCCCCCCCCCC(=O)OC[C@H](COP(=O)(O)OCCNC(=O)OCCOCC)OC(=O)CCCCCCCCCCCCC. The number of esters is 2. The first-order valence-electron chi connectivity index (χ1n) is 20.2. The molecule has 0 aromatic heterocycles. The highest BCUT2D eigenvalue weighted by Crippen LogP contribution is 2.43. The van der Waals surface area contributed by atoms with E-state index in [-0.39, 0.29) is 45.8 Å². The Labute approximate surface area is 309 Å². The van der Waals surface area contributed by atoms with Crippen LogP contribution in [0.2, 0.25) is 0 Å². The van der Waals surface area contributed by atoms with E-state index in [2.05, 4.69) is 19.2 Å². The number of nitrogens with one attached hydrogen (secondary N) is 1. The molecule has 12 nitrogen and oxygen atoms in total. The first kappa shape index (κ1) is 49.3. The molecule has 0 rings (SSSR count). The first-order valence-corrected chi connectivity index (χ1v) is 21.7. The van der Waals surface area contributed by atoms with E-state index in [1.54, 1.807) is 0 Å². The molecule has 302 valence electrons. The lowest BCUT2D eigenvalue weighted by Gasteiger charge is -2.20. The third-order valence-electron chi connectivity index (χ3n) is 8.41. The zero-order chi connectivity index (χ0) is 37.7. The third-order valence-corrected chi connectivity index (χ3v) is 9.40. The zero-order valence-corrected chi connectivity index (χ0v) is 33.4. The Kier molecular flexibility index (Phi) is 35.4. The highest BCUT2D eigenvalue weighted by atomic mass is 31.2. The number of carbonyl (C=O) groups excluding carboxylic acids is 3. The second-order valence-electron chi connectivity index (χ2n) is 13.2. The fourth-order valence-corrected chi connectivity index (χ4v) is 6.15. The summed E-state index contributed by atoms with van der Waals surface area (Å²) in [5.41, 5.74) is 0. The molecule has 0 spiro atoms. The van der Waals surface area contributed by atoms with E-state index in [0.717, 1.165) is 38.5 Å². The van der Waals surface area contributed by atoms with Crippen molar-refractivity contribution >= 4 is 25.9 Å². The molecule has 0 saturated carbocycles. The van der Waals surface area contributed by atoms with Crippen molar-refractivity contribution in [1.29, 1.82) is 0 Å². The molecule has 0 aliphatic carbocycles. The summed E-state index contributed by atoms with van der Waals surface area (Å²) in [6.45, 7) is 5.89. The Morgan fingerprint density at radius 1 is 0.569 bits per heavy atom. The van der Waals surface area contributed by atoms with Gasteiger partial charge in [0.15, 0.2) is 6.10 Å². The average molecular weight is 752 g/mol. The van der Waals surface area contributed by atoms with Crippen LogP contribution in [0.3, 0.4) is 0 Å². The Balaban J connectivity index is 4.54. The molecular weight excluding hydrogens is 677 g/mol. The largest absolute Gasteiger partial charge is 0.472 e. The summed E-state index contributed by atoms with van der Waals surface area (Å²) >= 11 is 0. The molecule has 0 aromatic carbocycles. The van der Waals surface area contributed by atoms with Crippen LogP contribution in [0.1, 0.15) is 175 Å². The minimum atomic E-state index is -4.56. The van der Waals surface area contributed by atoms with Gasteiger partial charge >= 0.3 is 25.9 Å². The van der Waals surface area contributed by atoms with E-state index in [4.69, 9.17) is 28.0 Å². The molecule has 0 heterocycles. The molecule has 51 heavy (non-hydrogen) atoms. The number of hydrogen-bond acceptors (Lipinski definition) is 10. The van der Waals surface area contributed by atoms with Gasteiger partial charge in [0.25, 0.3) is 0 Å². The maximum atomic E-state index is 12.6. The molecule has 2 atom stereocenters. The van der Waals surface area contributed by atoms with E-state index in [1.165, 1.54) is 89.9 Å². The predicted molar refractivity (Wildman–Crippen MR) is 201 cm³/mol. The number of alkyl carbamates (subject to hydrolysis) is 1. The van der Waals surface area contributed by atoms with Crippen molar-refractivity contribution in [3.8, 4) is 0 Å². The molecule has 0 bridgehead atoms. The molecule has 0 radical (unpaired) electrons. The van der Waals surface area contributed by atoms with Crippen LogP contribution < -0.4 is 5.32 Å². The highest BCUT2D eigenvalue weighted by Gasteiger charge is 2.26. The van der Waals surface area contributed by atoms with Crippen LogP contribution in [0.5, 0.6) is 0 Å². The van der Waals surface area contributed by atoms with Gasteiger partial charge in [-0.1, -0.05) is 142 Å². The summed E-state index contributed by atoms with van der Waals surface area (Å²) in [4.78, 5) is 46.8. The van der Waals surface area contributed by atoms with Gasteiger partial charge in [-0.15, -0.1) is 0 Å². The Bertz CT molecular complexity index is 877. The molecule has 0 aliphatic heterocycles.